The molecule has 16 heavy (non-hydrogen) atoms. The maximum Gasteiger partial charge on any atom is 0.0858 e. The molecule has 1 aromatic heterocycles. The summed E-state index contributed by atoms with van der Waals surface area (Å²) in [7, 11) is 0. The van der Waals surface area contributed by atoms with Gasteiger partial charge < -0.3 is 5.32 Å². The smallest absolute Gasteiger partial charge is 0.0858 e. The highest BCUT2D eigenvalue weighted by atomic mass is 14.8. The van der Waals surface area contributed by atoms with Gasteiger partial charge in [-0.05, 0) is 18.7 Å². The number of pyridine rings is 1. The average Bonchev–Trinajstić information content (AvgIpc) is 2.35. The lowest BCUT2D eigenvalue weighted by molar-refractivity contribution is 0.811. The Bertz CT molecular complexity index is 530. The quantitative estimate of drug-likeness (QED) is 0.607. The average molecular weight is 210 g/mol. The Kier molecular flexibility index (Phi) is 3.53. The zero-order chi connectivity index (χ0) is 11.2. The third-order valence-electron chi connectivity index (χ3n) is 2.32. The molecule has 1 aromatic carbocycles. The topological polar surface area (TPSA) is 24.9 Å². The number of nitrogens with one attached hydrogen (secondary N) is 1. The Labute approximate surface area is 95.7 Å². The van der Waals surface area contributed by atoms with Gasteiger partial charge in [-0.2, -0.15) is 0 Å². The van der Waals surface area contributed by atoms with Gasteiger partial charge in [0.1, 0.15) is 0 Å². The summed E-state index contributed by atoms with van der Waals surface area (Å²) < 4.78 is 0. The zero-order valence-corrected chi connectivity index (χ0v) is 9.33. The van der Waals surface area contributed by atoms with Crippen LogP contribution in [0.15, 0.2) is 36.5 Å². The maximum absolute atomic E-state index is 4.36. The molecule has 80 valence electrons. The highest BCUT2D eigenvalue weighted by molar-refractivity contribution is 5.84. The van der Waals surface area contributed by atoms with Gasteiger partial charge in [0.15, 0.2) is 0 Å². The van der Waals surface area contributed by atoms with Gasteiger partial charge in [-0.15, -0.1) is 0 Å². The van der Waals surface area contributed by atoms with Crippen molar-refractivity contribution in [2.24, 2.45) is 0 Å². The SMILES string of the molecule is CCNCC#Cc1cccc2cccnc12. The van der Waals surface area contributed by atoms with Gasteiger partial charge in [0, 0.05) is 11.6 Å². The molecule has 0 aliphatic heterocycles. The van der Waals surface area contributed by atoms with Crippen molar-refractivity contribution < 1.29 is 0 Å². The van der Waals surface area contributed by atoms with Crippen LogP contribution in [-0.2, 0) is 0 Å². The number of hydrogen-bond donors (Lipinski definition) is 1. The van der Waals surface area contributed by atoms with Crippen LogP contribution >= 0.6 is 0 Å². The zero-order valence-electron chi connectivity index (χ0n) is 9.33. The molecule has 0 saturated carbocycles. The van der Waals surface area contributed by atoms with Crippen LogP contribution in [0.1, 0.15) is 12.5 Å². The predicted molar refractivity (Wildman–Crippen MR) is 67.2 cm³/mol. The van der Waals surface area contributed by atoms with Crippen LogP contribution in [0, 0.1) is 11.8 Å². The fourth-order valence-corrected chi connectivity index (χ4v) is 1.53. The highest BCUT2D eigenvalue weighted by Gasteiger charge is 1.97. The third-order valence-corrected chi connectivity index (χ3v) is 2.32. The van der Waals surface area contributed by atoms with E-state index in [1.165, 1.54) is 0 Å². The number of rotatable bonds is 2. The summed E-state index contributed by atoms with van der Waals surface area (Å²) in [5, 5.41) is 4.31. The first kappa shape index (κ1) is 10.7. The molecule has 2 rings (SSSR count). The molecular weight excluding hydrogens is 196 g/mol. The van der Waals surface area contributed by atoms with Gasteiger partial charge in [0.05, 0.1) is 17.6 Å². The first-order valence-electron chi connectivity index (χ1n) is 5.45. The van der Waals surface area contributed by atoms with Crippen molar-refractivity contribution in [3.63, 3.8) is 0 Å². The second kappa shape index (κ2) is 5.29. The second-order valence-electron chi connectivity index (χ2n) is 3.46. The number of hydrogen-bond acceptors (Lipinski definition) is 2. The lowest BCUT2D eigenvalue weighted by atomic mass is 10.1. The first-order valence-corrected chi connectivity index (χ1v) is 5.45. The maximum atomic E-state index is 4.36. The Morgan fingerprint density at radius 1 is 1.25 bits per heavy atom. The number of aromatic nitrogens is 1. The van der Waals surface area contributed by atoms with Gasteiger partial charge in [0.25, 0.3) is 0 Å². The Morgan fingerprint density at radius 3 is 3.00 bits per heavy atom. The molecule has 2 nitrogen and oxygen atoms in total. The third kappa shape index (κ3) is 2.39. The van der Waals surface area contributed by atoms with E-state index in [1.807, 2.05) is 18.2 Å². The van der Waals surface area contributed by atoms with E-state index in [1.54, 1.807) is 6.20 Å². The van der Waals surface area contributed by atoms with Crippen molar-refractivity contribution >= 4 is 10.9 Å². The molecule has 0 saturated heterocycles. The molecule has 0 bridgehead atoms. The van der Waals surface area contributed by atoms with Gasteiger partial charge in [0.2, 0.25) is 0 Å². The van der Waals surface area contributed by atoms with Crippen molar-refractivity contribution in [3.8, 4) is 11.8 Å². The summed E-state index contributed by atoms with van der Waals surface area (Å²) in [6.07, 6.45) is 1.80. The molecule has 0 spiro atoms. The van der Waals surface area contributed by atoms with Crippen LogP contribution in [0.3, 0.4) is 0 Å². The van der Waals surface area contributed by atoms with E-state index < -0.39 is 0 Å². The fourth-order valence-electron chi connectivity index (χ4n) is 1.53. The van der Waals surface area contributed by atoms with Crippen molar-refractivity contribution in [2.45, 2.75) is 6.92 Å². The van der Waals surface area contributed by atoms with Gasteiger partial charge in [-0.1, -0.05) is 37.0 Å². The lowest BCUT2D eigenvalue weighted by Gasteiger charge is -1.98. The van der Waals surface area contributed by atoms with Crippen molar-refractivity contribution in [1.29, 1.82) is 0 Å². The first-order chi connectivity index (χ1) is 7.92. The lowest BCUT2D eigenvalue weighted by Crippen LogP contribution is -2.11. The minimum atomic E-state index is 0.722. The van der Waals surface area contributed by atoms with Crippen LogP contribution in [0.5, 0.6) is 0 Å². The monoisotopic (exact) mass is 210 g/mol. The summed E-state index contributed by atoms with van der Waals surface area (Å²) >= 11 is 0. The number of fused-ring (bicyclic) bond motifs is 1. The molecule has 2 heteroatoms. The van der Waals surface area contributed by atoms with E-state index in [0.717, 1.165) is 29.6 Å². The Hall–Kier alpha value is -1.85. The van der Waals surface area contributed by atoms with Gasteiger partial charge in [-0.25, -0.2) is 0 Å². The minimum Gasteiger partial charge on any atom is -0.306 e. The van der Waals surface area contributed by atoms with Crippen LogP contribution in [0.4, 0.5) is 0 Å². The standard InChI is InChI=1S/C14H14N2/c1-2-15-10-4-8-12-6-3-7-13-9-5-11-16-14(12)13/h3,5-7,9,11,15H,2,10H2,1H3. The Morgan fingerprint density at radius 2 is 2.12 bits per heavy atom. The summed E-state index contributed by atoms with van der Waals surface area (Å²) in [6.45, 7) is 3.74. The molecule has 0 fully saturated rings. The van der Waals surface area contributed by atoms with Crippen LogP contribution < -0.4 is 5.32 Å². The molecule has 0 unspecified atom stereocenters. The Balaban J connectivity index is 2.32. The van der Waals surface area contributed by atoms with Gasteiger partial charge in [-0.3, -0.25) is 4.98 Å². The summed E-state index contributed by atoms with van der Waals surface area (Å²) in [5.74, 6) is 6.24. The van der Waals surface area contributed by atoms with Crippen LogP contribution in [0.2, 0.25) is 0 Å². The van der Waals surface area contributed by atoms with E-state index in [9.17, 15) is 0 Å². The molecule has 0 aliphatic carbocycles. The normalized spacial score (nSPS) is 9.81. The predicted octanol–water partition coefficient (Wildman–Crippen LogP) is 2.20. The van der Waals surface area contributed by atoms with Crippen molar-refractivity contribution in [2.75, 3.05) is 13.1 Å². The van der Waals surface area contributed by atoms with Gasteiger partial charge >= 0.3 is 0 Å². The van der Waals surface area contributed by atoms with Crippen molar-refractivity contribution in [3.05, 3.63) is 42.1 Å². The molecule has 2 aromatic rings. The molecule has 1 heterocycles. The minimum absolute atomic E-state index is 0.722. The van der Waals surface area contributed by atoms with E-state index >= 15 is 0 Å². The fraction of sp³-hybridized carbons (Fsp3) is 0.214. The van der Waals surface area contributed by atoms with Crippen LogP contribution in [0.25, 0.3) is 10.9 Å². The van der Waals surface area contributed by atoms with E-state index in [4.69, 9.17) is 0 Å². The molecule has 1 N–H and O–H groups in total. The van der Waals surface area contributed by atoms with E-state index in [2.05, 4.69) is 41.2 Å². The summed E-state index contributed by atoms with van der Waals surface area (Å²) in [6, 6.07) is 10.1. The molecule has 0 atom stereocenters. The number of nitrogens with zero attached hydrogens (tertiary/aromatic N) is 1. The van der Waals surface area contributed by atoms with E-state index in [-0.39, 0.29) is 0 Å². The molecular formula is C14H14N2. The molecule has 0 amide bonds. The van der Waals surface area contributed by atoms with Crippen LogP contribution in [-0.4, -0.2) is 18.1 Å². The number of para-hydroxylation sites is 1. The molecule has 0 aliphatic rings. The summed E-state index contributed by atoms with van der Waals surface area (Å²) in [5.41, 5.74) is 1.98. The molecule has 0 radical (unpaired) electrons. The summed E-state index contributed by atoms with van der Waals surface area (Å²) in [4.78, 5) is 4.36. The second-order valence-corrected chi connectivity index (χ2v) is 3.46. The number of benzene rings is 1. The largest absolute Gasteiger partial charge is 0.306 e. The van der Waals surface area contributed by atoms with Crippen molar-refractivity contribution in [1.82, 2.24) is 10.3 Å². The van der Waals surface area contributed by atoms with E-state index in [0.29, 0.717) is 0 Å². The highest BCUT2D eigenvalue weighted by Crippen LogP contribution is 2.14.